The third kappa shape index (κ3) is 4.85. The van der Waals surface area contributed by atoms with Crippen LogP contribution in [0.1, 0.15) is 28.2 Å². The van der Waals surface area contributed by atoms with Crippen LogP contribution in [-0.2, 0) is 13.0 Å². The van der Waals surface area contributed by atoms with E-state index in [1.807, 2.05) is 47.5 Å². The van der Waals surface area contributed by atoms with E-state index in [0.29, 0.717) is 13.1 Å². The molecule has 0 saturated carbocycles. The van der Waals surface area contributed by atoms with E-state index in [9.17, 15) is 4.79 Å². The smallest absolute Gasteiger partial charge is 0.254 e. The fourth-order valence-electron chi connectivity index (χ4n) is 5.34. The Morgan fingerprint density at radius 1 is 0.865 bits per heavy atom. The van der Waals surface area contributed by atoms with E-state index in [1.54, 1.807) is 6.20 Å². The number of anilines is 1. The van der Waals surface area contributed by atoms with Crippen LogP contribution in [-0.4, -0.2) is 40.4 Å². The van der Waals surface area contributed by atoms with Crippen LogP contribution in [0.2, 0.25) is 0 Å². The van der Waals surface area contributed by atoms with Gasteiger partial charge in [-0.25, -0.2) is 4.98 Å². The van der Waals surface area contributed by atoms with Crippen molar-refractivity contribution < 1.29 is 4.79 Å². The third-order valence-electron chi connectivity index (χ3n) is 7.23. The molecule has 0 atom stereocenters. The monoisotopic (exact) mass is 486 g/mol. The second-order valence-electron chi connectivity index (χ2n) is 9.59. The van der Waals surface area contributed by atoms with Gasteiger partial charge < -0.3 is 14.8 Å². The standard InChI is InChI=1S/C32H30N4O/c37-32(29-13-6-11-25-10-4-5-12-28(25)29)36-21-20-35(19-7-14-31-33-17-18-34-31)30-16-15-26(22-27(30)23-36)24-8-2-1-3-9-24/h1-6,8-13,15-18,22H,7,14,19-21,23H2,(H,33,34). The fraction of sp³-hybridized carbons (Fsp3) is 0.188. The van der Waals surface area contributed by atoms with Gasteiger partial charge >= 0.3 is 0 Å². The van der Waals surface area contributed by atoms with Gasteiger partial charge in [0.1, 0.15) is 5.82 Å². The van der Waals surface area contributed by atoms with Gasteiger partial charge in [0.25, 0.3) is 5.91 Å². The van der Waals surface area contributed by atoms with E-state index in [2.05, 4.69) is 69.5 Å². The molecular weight excluding hydrogens is 456 g/mol. The number of carbonyl (C=O) groups excluding carboxylic acids is 1. The summed E-state index contributed by atoms with van der Waals surface area (Å²) in [4.78, 5) is 25.9. The van der Waals surface area contributed by atoms with Crippen molar-refractivity contribution >= 4 is 22.4 Å². The van der Waals surface area contributed by atoms with Crippen LogP contribution in [0.4, 0.5) is 5.69 Å². The van der Waals surface area contributed by atoms with Crippen LogP contribution in [0.3, 0.4) is 0 Å². The summed E-state index contributed by atoms with van der Waals surface area (Å²) in [7, 11) is 0. The molecular formula is C32H30N4O. The Morgan fingerprint density at radius 2 is 1.70 bits per heavy atom. The maximum atomic E-state index is 13.9. The number of amides is 1. The molecule has 0 spiro atoms. The van der Waals surface area contributed by atoms with E-state index < -0.39 is 0 Å². The largest absolute Gasteiger partial charge is 0.369 e. The maximum absolute atomic E-state index is 13.9. The molecule has 4 aromatic carbocycles. The molecule has 2 heterocycles. The molecule has 1 aromatic heterocycles. The molecule has 1 aliphatic heterocycles. The van der Waals surface area contributed by atoms with E-state index in [1.165, 1.54) is 22.4 Å². The zero-order valence-electron chi connectivity index (χ0n) is 20.8. The first kappa shape index (κ1) is 23.0. The number of imidazole rings is 1. The molecule has 1 aliphatic rings. The number of aromatic amines is 1. The van der Waals surface area contributed by atoms with E-state index >= 15 is 0 Å². The van der Waals surface area contributed by atoms with Crippen LogP contribution in [0, 0.1) is 0 Å². The van der Waals surface area contributed by atoms with Gasteiger partial charge in [0.2, 0.25) is 0 Å². The number of benzene rings is 4. The van der Waals surface area contributed by atoms with Gasteiger partial charge in [-0.2, -0.15) is 0 Å². The summed E-state index contributed by atoms with van der Waals surface area (Å²) < 4.78 is 0. The number of hydrogen-bond acceptors (Lipinski definition) is 3. The number of H-pyrrole nitrogens is 1. The first-order valence-corrected chi connectivity index (χ1v) is 12.9. The second kappa shape index (κ2) is 10.3. The molecule has 1 N–H and O–H groups in total. The van der Waals surface area contributed by atoms with Crippen molar-refractivity contribution in [3.63, 3.8) is 0 Å². The summed E-state index contributed by atoms with van der Waals surface area (Å²) in [5, 5.41) is 2.10. The minimum atomic E-state index is 0.0882. The molecule has 37 heavy (non-hydrogen) atoms. The topological polar surface area (TPSA) is 52.2 Å². The molecule has 0 saturated heterocycles. The molecule has 5 nitrogen and oxygen atoms in total. The van der Waals surface area contributed by atoms with Crippen molar-refractivity contribution in [1.29, 1.82) is 0 Å². The van der Waals surface area contributed by atoms with Gasteiger partial charge in [0.05, 0.1) is 0 Å². The zero-order valence-corrected chi connectivity index (χ0v) is 20.8. The number of nitrogens with zero attached hydrogens (tertiary/aromatic N) is 3. The van der Waals surface area contributed by atoms with Crippen molar-refractivity contribution in [2.45, 2.75) is 19.4 Å². The number of aromatic nitrogens is 2. The lowest BCUT2D eigenvalue weighted by molar-refractivity contribution is 0.0753. The molecule has 0 unspecified atom stereocenters. The molecule has 0 aliphatic carbocycles. The van der Waals surface area contributed by atoms with E-state index in [4.69, 9.17) is 0 Å². The highest BCUT2D eigenvalue weighted by Gasteiger charge is 2.25. The van der Waals surface area contributed by atoms with Gasteiger partial charge in [-0.05, 0) is 52.1 Å². The quantitative estimate of drug-likeness (QED) is 0.305. The van der Waals surface area contributed by atoms with Gasteiger partial charge in [0, 0.05) is 56.2 Å². The Morgan fingerprint density at radius 3 is 2.57 bits per heavy atom. The lowest BCUT2D eigenvalue weighted by Gasteiger charge is -2.25. The van der Waals surface area contributed by atoms with Crippen LogP contribution in [0.25, 0.3) is 21.9 Å². The summed E-state index contributed by atoms with van der Waals surface area (Å²) in [6.45, 7) is 2.98. The Hall–Kier alpha value is -4.38. The van der Waals surface area contributed by atoms with Crippen LogP contribution < -0.4 is 4.90 Å². The molecule has 6 rings (SSSR count). The van der Waals surface area contributed by atoms with Gasteiger partial charge in [0.15, 0.2) is 0 Å². The Labute approximate surface area is 217 Å². The molecule has 1 amide bonds. The van der Waals surface area contributed by atoms with E-state index in [-0.39, 0.29) is 5.91 Å². The maximum Gasteiger partial charge on any atom is 0.254 e. The predicted molar refractivity (Wildman–Crippen MR) is 150 cm³/mol. The minimum Gasteiger partial charge on any atom is -0.369 e. The predicted octanol–water partition coefficient (Wildman–Crippen LogP) is 6.33. The van der Waals surface area contributed by atoms with Gasteiger partial charge in [-0.1, -0.05) is 72.8 Å². The van der Waals surface area contributed by atoms with Gasteiger partial charge in [-0.15, -0.1) is 0 Å². The van der Waals surface area contributed by atoms with Crippen molar-refractivity contribution in [3.8, 4) is 11.1 Å². The third-order valence-corrected chi connectivity index (χ3v) is 7.23. The summed E-state index contributed by atoms with van der Waals surface area (Å²) in [6.07, 6.45) is 5.57. The SMILES string of the molecule is O=C(c1cccc2ccccc12)N1CCN(CCCc2ncc[nH]2)c2ccc(-c3ccccc3)cc2C1. The second-order valence-corrected chi connectivity index (χ2v) is 9.59. The Bertz CT molecular complexity index is 1510. The number of hydrogen-bond donors (Lipinski definition) is 1. The highest BCUT2D eigenvalue weighted by atomic mass is 16.2. The zero-order chi connectivity index (χ0) is 25.0. The molecule has 184 valence electrons. The summed E-state index contributed by atoms with van der Waals surface area (Å²) in [6, 6.07) is 31.3. The van der Waals surface area contributed by atoms with Crippen LogP contribution in [0.15, 0.2) is 103 Å². The number of rotatable bonds is 6. The Kier molecular flexibility index (Phi) is 6.42. The number of aryl methyl sites for hydroxylation is 1. The fourth-order valence-corrected chi connectivity index (χ4v) is 5.34. The summed E-state index contributed by atoms with van der Waals surface area (Å²) in [5.74, 6) is 1.10. The average molecular weight is 487 g/mol. The van der Waals surface area contributed by atoms with Crippen molar-refractivity contribution in [3.05, 3.63) is 120 Å². The van der Waals surface area contributed by atoms with Crippen molar-refractivity contribution in [2.75, 3.05) is 24.5 Å². The first-order valence-electron chi connectivity index (χ1n) is 12.9. The highest BCUT2D eigenvalue weighted by Crippen LogP contribution is 2.32. The van der Waals surface area contributed by atoms with E-state index in [0.717, 1.165) is 48.1 Å². The van der Waals surface area contributed by atoms with Crippen molar-refractivity contribution in [1.82, 2.24) is 14.9 Å². The number of fused-ring (bicyclic) bond motifs is 2. The number of nitrogens with one attached hydrogen (secondary N) is 1. The minimum absolute atomic E-state index is 0.0882. The lowest BCUT2D eigenvalue weighted by atomic mass is 10.0. The molecule has 5 heteroatoms. The van der Waals surface area contributed by atoms with Crippen LogP contribution in [0.5, 0.6) is 0 Å². The lowest BCUT2D eigenvalue weighted by Crippen LogP contribution is -2.36. The average Bonchev–Trinajstić information content (AvgIpc) is 3.40. The molecule has 0 fully saturated rings. The number of carbonyl (C=O) groups is 1. The van der Waals surface area contributed by atoms with Gasteiger partial charge in [-0.3, -0.25) is 4.79 Å². The van der Waals surface area contributed by atoms with Crippen molar-refractivity contribution in [2.24, 2.45) is 0 Å². The highest BCUT2D eigenvalue weighted by molar-refractivity contribution is 6.07. The summed E-state index contributed by atoms with van der Waals surface area (Å²) >= 11 is 0. The van der Waals surface area contributed by atoms with Crippen LogP contribution >= 0.6 is 0 Å². The molecule has 0 radical (unpaired) electrons. The Balaban J connectivity index is 1.32. The normalized spacial score (nSPS) is 13.4. The summed E-state index contributed by atoms with van der Waals surface area (Å²) in [5.41, 5.74) is 5.53. The first-order chi connectivity index (χ1) is 18.3. The molecule has 0 bridgehead atoms. The molecule has 5 aromatic rings.